The lowest BCUT2D eigenvalue weighted by atomic mass is 10.1. The molecule has 11 heteroatoms. The number of rotatable bonds is 9. The number of nitrogens with zero attached hydrogens (tertiary/aromatic N) is 3. The van der Waals surface area contributed by atoms with Gasteiger partial charge >= 0.3 is 0 Å². The summed E-state index contributed by atoms with van der Waals surface area (Å²) in [5.41, 5.74) is 1.21. The molecule has 0 saturated heterocycles. The van der Waals surface area contributed by atoms with Gasteiger partial charge in [-0.3, -0.25) is 19.3 Å². The number of carbonyl (C=O) groups excluding carboxylic acids is 1. The van der Waals surface area contributed by atoms with Gasteiger partial charge in [-0.1, -0.05) is 18.2 Å². The number of ether oxygens (including phenoxy) is 3. The Bertz CT molecular complexity index is 1830. The molecule has 0 unspecified atom stereocenters. The fraction of sp³-hybridized carbons (Fsp3) is 0.194. The van der Waals surface area contributed by atoms with Gasteiger partial charge in [0.25, 0.3) is 11.5 Å². The zero-order valence-electron chi connectivity index (χ0n) is 23.4. The number of fused-ring (bicyclic) bond motifs is 1. The van der Waals surface area contributed by atoms with Crippen molar-refractivity contribution < 1.29 is 28.5 Å². The van der Waals surface area contributed by atoms with E-state index in [1.807, 2.05) is 6.07 Å². The maximum absolute atomic E-state index is 15.2. The van der Waals surface area contributed by atoms with E-state index in [0.717, 1.165) is 6.07 Å². The number of aromatic nitrogens is 3. The highest BCUT2D eigenvalue weighted by molar-refractivity contribution is 6.05. The first kappa shape index (κ1) is 28.4. The molecule has 0 aliphatic rings. The van der Waals surface area contributed by atoms with Crippen LogP contribution in [0.4, 0.5) is 10.1 Å². The van der Waals surface area contributed by atoms with Crippen LogP contribution in [0.15, 0.2) is 77.7 Å². The minimum atomic E-state index is -0.729. The van der Waals surface area contributed by atoms with Gasteiger partial charge in [0, 0.05) is 36.5 Å². The monoisotopic (exact) mass is 572 g/mol. The van der Waals surface area contributed by atoms with Crippen LogP contribution in [0, 0.1) is 12.7 Å². The molecule has 0 bridgehead atoms. The summed E-state index contributed by atoms with van der Waals surface area (Å²) >= 11 is 0. The van der Waals surface area contributed by atoms with Gasteiger partial charge in [0.15, 0.2) is 23.1 Å². The van der Waals surface area contributed by atoms with Gasteiger partial charge in [0.05, 0.1) is 30.1 Å². The number of hydrogen-bond donors (Lipinski definition) is 2. The van der Waals surface area contributed by atoms with Crippen LogP contribution in [-0.4, -0.2) is 45.2 Å². The van der Waals surface area contributed by atoms with E-state index in [1.165, 1.54) is 30.1 Å². The number of pyridine rings is 1. The number of para-hydroxylation sites is 1. The van der Waals surface area contributed by atoms with Crippen molar-refractivity contribution in [2.24, 2.45) is 7.05 Å². The van der Waals surface area contributed by atoms with Crippen molar-refractivity contribution in [3.63, 3.8) is 0 Å². The molecule has 1 amide bonds. The summed E-state index contributed by atoms with van der Waals surface area (Å²) in [7, 11) is 3.17. The third-order valence-electron chi connectivity index (χ3n) is 6.66. The molecule has 0 aliphatic heterocycles. The molecule has 42 heavy (non-hydrogen) atoms. The maximum atomic E-state index is 15.2. The van der Waals surface area contributed by atoms with Gasteiger partial charge in [-0.15, -0.1) is 0 Å². The van der Waals surface area contributed by atoms with E-state index < -0.39 is 23.4 Å². The molecule has 216 valence electrons. The van der Waals surface area contributed by atoms with Crippen molar-refractivity contribution in [3.8, 4) is 28.7 Å². The van der Waals surface area contributed by atoms with Gasteiger partial charge < -0.3 is 24.6 Å². The summed E-state index contributed by atoms with van der Waals surface area (Å²) < 4.78 is 35.1. The van der Waals surface area contributed by atoms with Crippen molar-refractivity contribution in [3.05, 3.63) is 100 Å². The first-order chi connectivity index (χ1) is 20.2. The number of aliphatic hydroxyl groups is 1. The average molecular weight is 573 g/mol. The molecule has 0 spiro atoms. The van der Waals surface area contributed by atoms with Crippen molar-refractivity contribution in [2.75, 3.05) is 19.0 Å². The number of hydrogen-bond acceptors (Lipinski definition) is 7. The number of halogens is 1. The SMILES string of the molecule is COc1cc2c(Oc3ccc(NC(=O)c4c(C)n(C)n(-c5ccccc5)c4=O)cc3F)ccnc2cc1OC[C@H](C)O. The van der Waals surface area contributed by atoms with Crippen LogP contribution in [0.25, 0.3) is 16.6 Å². The molecule has 2 N–H and O–H groups in total. The van der Waals surface area contributed by atoms with Gasteiger partial charge in [0.2, 0.25) is 0 Å². The highest BCUT2D eigenvalue weighted by Gasteiger charge is 2.23. The van der Waals surface area contributed by atoms with Crippen molar-refractivity contribution in [2.45, 2.75) is 20.0 Å². The largest absolute Gasteiger partial charge is 0.493 e. The summed E-state index contributed by atoms with van der Waals surface area (Å²) in [6, 6.07) is 17.8. The highest BCUT2D eigenvalue weighted by atomic mass is 19.1. The van der Waals surface area contributed by atoms with Crippen LogP contribution < -0.4 is 25.1 Å². The van der Waals surface area contributed by atoms with Crippen LogP contribution in [0.1, 0.15) is 23.0 Å². The van der Waals surface area contributed by atoms with E-state index in [1.54, 1.807) is 68.0 Å². The number of methoxy groups -OCH3 is 1. The van der Waals surface area contributed by atoms with E-state index in [-0.39, 0.29) is 23.6 Å². The lowest BCUT2D eigenvalue weighted by Crippen LogP contribution is -2.25. The molecule has 2 aromatic heterocycles. The molecular weight excluding hydrogens is 543 g/mol. The Morgan fingerprint density at radius 2 is 1.81 bits per heavy atom. The van der Waals surface area contributed by atoms with E-state index in [9.17, 15) is 14.7 Å². The van der Waals surface area contributed by atoms with Crippen LogP contribution in [0.3, 0.4) is 0 Å². The standard InChI is InChI=1S/C31H29FN4O6/c1-18(37)17-41-28-16-24-22(15-27(28)40-4)25(12-13-33-24)42-26-11-10-20(14-23(26)32)34-30(38)29-19(2)35(3)36(31(29)39)21-8-6-5-7-9-21/h5-16,18,37H,17H2,1-4H3,(H,34,38)/t18-/m0/s1. The van der Waals surface area contributed by atoms with E-state index in [0.29, 0.717) is 39.5 Å². The Labute approximate surface area is 240 Å². The fourth-order valence-corrected chi connectivity index (χ4v) is 4.50. The van der Waals surface area contributed by atoms with Gasteiger partial charge in [-0.25, -0.2) is 9.07 Å². The molecule has 5 aromatic rings. The van der Waals surface area contributed by atoms with Crippen molar-refractivity contribution in [1.82, 2.24) is 14.3 Å². The normalized spacial score (nSPS) is 11.8. The van der Waals surface area contributed by atoms with Crippen LogP contribution in [-0.2, 0) is 7.05 Å². The van der Waals surface area contributed by atoms with Gasteiger partial charge in [-0.05, 0) is 50.2 Å². The number of benzene rings is 3. The summed E-state index contributed by atoms with van der Waals surface area (Å²) in [5, 5.41) is 12.7. The van der Waals surface area contributed by atoms with E-state index >= 15 is 4.39 Å². The topological polar surface area (TPSA) is 117 Å². The third-order valence-corrected chi connectivity index (χ3v) is 6.66. The van der Waals surface area contributed by atoms with Crippen LogP contribution in [0.5, 0.6) is 23.0 Å². The second-order valence-electron chi connectivity index (χ2n) is 9.63. The van der Waals surface area contributed by atoms with Crippen molar-refractivity contribution >= 4 is 22.5 Å². The van der Waals surface area contributed by atoms with E-state index in [2.05, 4.69) is 10.3 Å². The zero-order valence-corrected chi connectivity index (χ0v) is 23.4. The number of nitrogens with one attached hydrogen (secondary N) is 1. The Hall–Kier alpha value is -5.16. The lowest BCUT2D eigenvalue weighted by Gasteiger charge is -2.15. The molecule has 0 saturated carbocycles. The summed E-state index contributed by atoms with van der Waals surface area (Å²) in [6.07, 6.45) is 0.841. The molecule has 0 radical (unpaired) electrons. The molecular formula is C31H29FN4O6. The molecule has 0 fully saturated rings. The zero-order chi connectivity index (χ0) is 30.0. The predicted octanol–water partition coefficient (Wildman–Crippen LogP) is 4.98. The minimum Gasteiger partial charge on any atom is -0.493 e. The smallest absolute Gasteiger partial charge is 0.284 e. The van der Waals surface area contributed by atoms with Crippen LogP contribution >= 0.6 is 0 Å². The highest BCUT2D eigenvalue weighted by Crippen LogP contribution is 2.38. The van der Waals surface area contributed by atoms with Gasteiger partial charge in [0.1, 0.15) is 17.9 Å². The first-order valence-corrected chi connectivity index (χ1v) is 13.1. The molecule has 3 aromatic carbocycles. The Balaban J connectivity index is 1.39. The molecule has 5 rings (SSSR count). The average Bonchev–Trinajstić information content (AvgIpc) is 3.20. The summed E-state index contributed by atoms with van der Waals surface area (Å²) in [6.45, 7) is 3.34. The number of amides is 1. The number of carbonyl (C=O) groups is 1. The third kappa shape index (κ3) is 5.54. The summed E-state index contributed by atoms with van der Waals surface area (Å²) in [4.78, 5) is 30.6. The Morgan fingerprint density at radius 3 is 2.50 bits per heavy atom. The number of aliphatic hydroxyl groups excluding tert-OH is 1. The Kier molecular flexibility index (Phi) is 7.94. The summed E-state index contributed by atoms with van der Waals surface area (Å²) in [5.74, 6) is -0.369. The molecule has 0 aliphatic carbocycles. The molecule has 1 atom stereocenters. The quantitative estimate of drug-likeness (QED) is 0.256. The minimum absolute atomic E-state index is 0.0453. The second kappa shape index (κ2) is 11.8. The van der Waals surface area contributed by atoms with Crippen LogP contribution in [0.2, 0.25) is 0 Å². The molecule has 2 heterocycles. The van der Waals surface area contributed by atoms with Gasteiger partial charge in [-0.2, -0.15) is 0 Å². The van der Waals surface area contributed by atoms with E-state index in [4.69, 9.17) is 14.2 Å². The second-order valence-corrected chi connectivity index (χ2v) is 9.63. The maximum Gasteiger partial charge on any atom is 0.284 e. The lowest BCUT2D eigenvalue weighted by molar-refractivity contribution is 0.102. The molecule has 10 nitrogen and oxygen atoms in total. The number of anilines is 1. The fourth-order valence-electron chi connectivity index (χ4n) is 4.50. The predicted molar refractivity (Wildman–Crippen MR) is 156 cm³/mol. The Morgan fingerprint density at radius 1 is 1.05 bits per heavy atom. The van der Waals surface area contributed by atoms with Crippen molar-refractivity contribution in [1.29, 1.82) is 0 Å². The first-order valence-electron chi connectivity index (χ1n) is 13.1.